The third kappa shape index (κ3) is 3.81. The van der Waals surface area contributed by atoms with Crippen LogP contribution in [0.1, 0.15) is 11.1 Å². The molecule has 1 aromatic heterocycles. The van der Waals surface area contributed by atoms with Crippen LogP contribution in [0.5, 0.6) is 0 Å². The zero-order valence-corrected chi connectivity index (χ0v) is 13.8. The fourth-order valence-electron chi connectivity index (χ4n) is 2.25. The molecular formula is C18H15FN4S. The fourth-order valence-corrected chi connectivity index (χ4v) is 3.08. The van der Waals surface area contributed by atoms with Crippen molar-refractivity contribution in [2.45, 2.75) is 23.8 Å². The van der Waals surface area contributed by atoms with Gasteiger partial charge >= 0.3 is 0 Å². The van der Waals surface area contributed by atoms with Crippen molar-refractivity contribution in [1.82, 2.24) is 15.2 Å². The summed E-state index contributed by atoms with van der Waals surface area (Å²) in [6.45, 7) is 2.03. The van der Waals surface area contributed by atoms with E-state index >= 15 is 0 Å². The van der Waals surface area contributed by atoms with Crippen LogP contribution in [0, 0.1) is 24.1 Å². The van der Waals surface area contributed by atoms with Crippen LogP contribution in [-0.2, 0) is 6.42 Å². The fraction of sp³-hybridized carbons (Fsp3) is 0.167. The van der Waals surface area contributed by atoms with Gasteiger partial charge in [0.05, 0.1) is 11.6 Å². The predicted octanol–water partition coefficient (Wildman–Crippen LogP) is 4.15. The Morgan fingerprint density at radius 3 is 2.67 bits per heavy atom. The number of benzene rings is 2. The first-order valence-corrected chi connectivity index (χ1v) is 8.33. The summed E-state index contributed by atoms with van der Waals surface area (Å²) in [6, 6.07) is 16.7. The number of aromatic amines is 1. The van der Waals surface area contributed by atoms with E-state index in [1.54, 1.807) is 18.2 Å². The minimum absolute atomic E-state index is 0.308. The Labute approximate surface area is 143 Å². The number of nitriles is 1. The van der Waals surface area contributed by atoms with Crippen LogP contribution in [-0.4, -0.2) is 20.4 Å². The Morgan fingerprint density at radius 2 is 1.96 bits per heavy atom. The molecule has 120 valence electrons. The summed E-state index contributed by atoms with van der Waals surface area (Å²) in [4.78, 5) is 4.29. The van der Waals surface area contributed by atoms with Crippen LogP contribution in [0.3, 0.4) is 0 Å². The number of hydrogen-bond donors (Lipinski definition) is 1. The van der Waals surface area contributed by atoms with Crippen LogP contribution < -0.4 is 0 Å². The third-order valence-electron chi connectivity index (χ3n) is 3.53. The predicted molar refractivity (Wildman–Crippen MR) is 91.9 cm³/mol. The van der Waals surface area contributed by atoms with Crippen LogP contribution in [0.15, 0.2) is 53.7 Å². The summed E-state index contributed by atoms with van der Waals surface area (Å²) in [6.07, 6.45) is 0.602. The van der Waals surface area contributed by atoms with E-state index in [0.717, 1.165) is 5.56 Å². The van der Waals surface area contributed by atoms with Crippen molar-refractivity contribution in [3.05, 3.63) is 65.5 Å². The summed E-state index contributed by atoms with van der Waals surface area (Å²) in [5, 5.41) is 16.3. The van der Waals surface area contributed by atoms with Gasteiger partial charge in [0.25, 0.3) is 0 Å². The first-order valence-electron chi connectivity index (χ1n) is 7.45. The lowest BCUT2D eigenvalue weighted by Crippen LogP contribution is -2.04. The number of halogens is 1. The lowest BCUT2D eigenvalue weighted by molar-refractivity contribution is 0.630. The SMILES string of the molecule is Cc1ccc(C[C@@H](C#N)Sc2n[nH]c(-c3ccccc3F)n2)cc1. The van der Waals surface area contributed by atoms with E-state index in [2.05, 4.69) is 21.3 Å². The zero-order chi connectivity index (χ0) is 16.9. The van der Waals surface area contributed by atoms with Crippen molar-refractivity contribution in [3.63, 3.8) is 0 Å². The van der Waals surface area contributed by atoms with E-state index in [-0.39, 0.29) is 11.1 Å². The Kier molecular flexibility index (Phi) is 4.92. The van der Waals surface area contributed by atoms with Crippen LogP contribution in [0.2, 0.25) is 0 Å². The molecular weight excluding hydrogens is 323 g/mol. The number of hydrogen-bond acceptors (Lipinski definition) is 4. The summed E-state index contributed by atoms with van der Waals surface area (Å²) in [5.74, 6) is 0.00399. The zero-order valence-electron chi connectivity index (χ0n) is 13.0. The second kappa shape index (κ2) is 7.28. The minimum atomic E-state index is -0.360. The summed E-state index contributed by atoms with van der Waals surface area (Å²) in [5.41, 5.74) is 2.64. The number of H-pyrrole nitrogens is 1. The Bertz CT molecular complexity index is 867. The highest BCUT2D eigenvalue weighted by atomic mass is 32.2. The highest BCUT2D eigenvalue weighted by molar-refractivity contribution is 8.00. The van der Waals surface area contributed by atoms with Gasteiger partial charge in [0.1, 0.15) is 11.1 Å². The summed E-state index contributed by atoms with van der Waals surface area (Å²) < 4.78 is 13.8. The molecule has 0 saturated heterocycles. The lowest BCUT2D eigenvalue weighted by Gasteiger charge is -2.06. The molecule has 0 amide bonds. The Balaban J connectivity index is 1.72. The molecule has 2 aromatic carbocycles. The second-order valence-corrected chi connectivity index (χ2v) is 6.54. The van der Waals surface area contributed by atoms with E-state index < -0.39 is 0 Å². The van der Waals surface area contributed by atoms with E-state index in [4.69, 9.17) is 0 Å². The molecule has 0 aliphatic carbocycles. The molecule has 0 saturated carbocycles. The van der Waals surface area contributed by atoms with Crippen molar-refractivity contribution in [1.29, 1.82) is 5.26 Å². The van der Waals surface area contributed by atoms with Crippen LogP contribution in [0.25, 0.3) is 11.4 Å². The quantitative estimate of drug-likeness (QED) is 0.710. The molecule has 0 radical (unpaired) electrons. The highest BCUT2D eigenvalue weighted by Gasteiger charge is 2.16. The molecule has 1 N–H and O–H groups in total. The normalized spacial score (nSPS) is 11.9. The highest BCUT2D eigenvalue weighted by Crippen LogP contribution is 2.25. The second-order valence-electron chi connectivity index (χ2n) is 5.37. The van der Waals surface area contributed by atoms with Gasteiger partial charge < -0.3 is 0 Å². The number of rotatable bonds is 5. The van der Waals surface area contributed by atoms with Crippen LogP contribution in [0.4, 0.5) is 4.39 Å². The topological polar surface area (TPSA) is 65.4 Å². The van der Waals surface area contributed by atoms with Crippen molar-refractivity contribution in [2.24, 2.45) is 0 Å². The first kappa shape index (κ1) is 16.2. The number of nitrogens with one attached hydrogen (secondary N) is 1. The first-order chi connectivity index (χ1) is 11.7. The number of aryl methyl sites for hydroxylation is 1. The Hall–Kier alpha value is -2.65. The molecule has 0 aliphatic rings. The maximum absolute atomic E-state index is 13.8. The lowest BCUT2D eigenvalue weighted by atomic mass is 10.1. The van der Waals surface area contributed by atoms with Gasteiger partial charge in [-0.05, 0) is 31.0 Å². The molecule has 24 heavy (non-hydrogen) atoms. The average Bonchev–Trinajstić information content (AvgIpc) is 3.05. The molecule has 0 unspecified atom stereocenters. The van der Waals surface area contributed by atoms with Gasteiger partial charge in [0.2, 0.25) is 5.16 Å². The maximum Gasteiger partial charge on any atom is 0.210 e. The summed E-state index contributed by atoms with van der Waals surface area (Å²) >= 11 is 1.27. The number of nitrogens with zero attached hydrogens (tertiary/aromatic N) is 3. The minimum Gasteiger partial charge on any atom is -0.258 e. The van der Waals surface area contributed by atoms with Crippen molar-refractivity contribution in [3.8, 4) is 17.5 Å². The molecule has 3 rings (SSSR count). The maximum atomic E-state index is 13.8. The van der Waals surface area contributed by atoms with E-state index in [9.17, 15) is 9.65 Å². The van der Waals surface area contributed by atoms with Gasteiger partial charge in [-0.25, -0.2) is 9.37 Å². The molecule has 0 aliphatic heterocycles. The average molecular weight is 338 g/mol. The number of aromatic nitrogens is 3. The van der Waals surface area contributed by atoms with Crippen molar-refractivity contribution >= 4 is 11.8 Å². The van der Waals surface area contributed by atoms with Gasteiger partial charge in [0, 0.05) is 0 Å². The molecule has 0 fully saturated rings. The third-order valence-corrected chi connectivity index (χ3v) is 4.48. The molecule has 0 bridgehead atoms. The molecule has 1 atom stereocenters. The largest absolute Gasteiger partial charge is 0.258 e. The number of thioether (sulfide) groups is 1. The van der Waals surface area contributed by atoms with Gasteiger partial charge in [-0.15, -0.1) is 5.10 Å². The molecule has 3 aromatic rings. The van der Waals surface area contributed by atoms with Crippen molar-refractivity contribution in [2.75, 3.05) is 0 Å². The molecule has 6 heteroatoms. The van der Waals surface area contributed by atoms with E-state index in [1.807, 2.05) is 31.2 Å². The monoisotopic (exact) mass is 338 g/mol. The summed E-state index contributed by atoms with van der Waals surface area (Å²) in [7, 11) is 0. The standard InChI is InChI=1S/C18H15FN4S/c1-12-6-8-13(9-7-12)10-14(11-20)24-18-21-17(22-23-18)15-4-2-3-5-16(15)19/h2-9,14H,10H2,1H3,(H,21,22,23)/t14-/m0/s1. The molecule has 1 heterocycles. The van der Waals surface area contributed by atoms with Gasteiger partial charge in [-0.1, -0.05) is 53.7 Å². The van der Waals surface area contributed by atoms with Gasteiger partial charge in [-0.2, -0.15) is 5.26 Å². The molecule has 0 spiro atoms. The van der Waals surface area contributed by atoms with Gasteiger partial charge in [0.15, 0.2) is 5.82 Å². The Morgan fingerprint density at radius 1 is 1.21 bits per heavy atom. The van der Waals surface area contributed by atoms with Crippen molar-refractivity contribution < 1.29 is 4.39 Å². The smallest absolute Gasteiger partial charge is 0.210 e. The van der Waals surface area contributed by atoms with Crippen LogP contribution >= 0.6 is 11.8 Å². The van der Waals surface area contributed by atoms with E-state index in [1.165, 1.54) is 23.4 Å². The van der Waals surface area contributed by atoms with E-state index in [0.29, 0.717) is 23.0 Å². The molecule has 4 nitrogen and oxygen atoms in total. The van der Waals surface area contributed by atoms with Gasteiger partial charge in [-0.3, -0.25) is 5.10 Å².